The van der Waals surface area contributed by atoms with Crippen LogP contribution in [0.15, 0.2) is 54.6 Å². The number of aromatic nitrogens is 2. The molecule has 0 saturated carbocycles. The predicted octanol–water partition coefficient (Wildman–Crippen LogP) is 3.99. The van der Waals surface area contributed by atoms with Crippen LogP contribution in [0, 0.1) is 6.92 Å². The summed E-state index contributed by atoms with van der Waals surface area (Å²) in [5.74, 6) is 0. The van der Waals surface area contributed by atoms with Crippen molar-refractivity contribution in [3.63, 3.8) is 0 Å². The monoisotopic (exact) mass is 298 g/mol. The molecular weight excluding hydrogens is 284 g/mol. The molecule has 3 aromatic rings. The van der Waals surface area contributed by atoms with Gasteiger partial charge < -0.3 is 5.11 Å². The molecule has 0 unspecified atom stereocenters. The van der Waals surface area contributed by atoms with E-state index in [9.17, 15) is 5.11 Å². The summed E-state index contributed by atoms with van der Waals surface area (Å²) < 4.78 is 1.84. The highest BCUT2D eigenvalue weighted by molar-refractivity contribution is 6.30. The summed E-state index contributed by atoms with van der Waals surface area (Å²) in [4.78, 5) is 0. The van der Waals surface area contributed by atoms with Crippen molar-refractivity contribution in [3.05, 3.63) is 70.9 Å². The van der Waals surface area contributed by atoms with Crippen molar-refractivity contribution in [1.29, 1.82) is 0 Å². The van der Waals surface area contributed by atoms with Crippen molar-refractivity contribution < 1.29 is 5.11 Å². The van der Waals surface area contributed by atoms with Gasteiger partial charge in [0.25, 0.3) is 0 Å². The van der Waals surface area contributed by atoms with Crippen molar-refractivity contribution in [2.45, 2.75) is 13.5 Å². The lowest BCUT2D eigenvalue weighted by Crippen LogP contribution is -1.99. The number of aliphatic hydroxyl groups is 1. The molecule has 0 aliphatic heterocycles. The van der Waals surface area contributed by atoms with Gasteiger partial charge in [-0.2, -0.15) is 5.10 Å². The topological polar surface area (TPSA) is 38.0 Å². The summed E-state index contributed by atoms with van der Waals surface area (Å²) in [5, 5.41) is 14.5. The molecule has 1 heterocycles. The first kappa shape index (κ1) is 13.9. The van der Waals surface area contributed by atoms with Gasteiger partial charge in [-0.3, -0.25) is 0 Å². The third-order valence-electron chi connectivity index (χ3n) is 3.34. The molecule has 0 saturated heterocycles. The quantitative estimate of drug-likeness (QED) is 0.794. The van der Waals surface area contributed by atoms with E-state index in [-0.39, 0.29) is 6.61 Å². The highest BCUT2D eigenvalue weighted by atomic mass is 35.5. The van der Waals surface area contributed by atoms with E-state index in [4.69, 9.17) is 11.6 Å². The smallest absolute Gasteiger partial charge is 0.0889 e. The van der Waals surface area contributed by atoms with Crippen LogP contribution in [0.2, 0.25) is 5.02 Å². The third kappa shape index (κ3) is 2.84. The molecule has 0 atom stereocenters. The molecule has 0 aliphatic rings. The Balaban J connectivity index is 2.13. The fraction of sp³-hybridized carbons (Fsp3) is 0.118. The molecule has 0 fully saturated rings. The number of aryl methyl sites for hydroxylation is 1. The standard InChI is InChI=1S/C17H15ClN2O/c1-12-2-8-16(9-3-12)20-17(10-15(11-21)19-20)13-4-6-14(18)7-5-13/h2-10,21H,11H2,1H3. The maximum atomic E-state index is 9.36. The first-order valence-corrected chi connectivity index (χ1v) is 7.08. The minimum atomic E-state index is -0.0839. The van der Waals surface area contributed by atoms with Crippen LogP contribution in [-0.2, 0) is 6.61 Å². The lowest BCUT2D eigenvalue weighted by Gasteiger charge is -2.08. The lowest BCUT2D eigenvalue weighted by molar-refractivity contribution is 0.276. The molecule has 21 heavy (non-hydrogen) atoms. The van der Waals surface area contributed by atoms with Crippen LogP contribution in [0.1, 0.15) is 11.3 Å². The number of aliphatic hydroxyl groups excluding tert-OH is 1. The third-order valence-corrected chi connectivity index (χ3v) is 3.59. The summed E-state index contributed by atoms with van der Waals surface area (Å²) in [6.45, 7) is 1.96. The Kier molecular flexibility index (Phi) is 3.78. The number of benzene rings is 2. The Morgan fingerprint density at radius 2 is 1.71 bits per heavy atom. The maximum absolute atomic E-state index is 9.36. The maximum Gasteiger partial charge on any atom is 0.0889 e. The van der Waals surface area contributed by atoms with Gasteiger partial charge in [0.1, 0.15) is 0 Å². The molecule has 0 aliphatic carbocycles. The van der Waals surface area contributed by atoms with Gasteiger partial charge in [0.15, 0.2) is 0 Å². The minimum Gasteiger partial charge on any atom is -0.390 e. The number of hydrogen-bond acceptors (Lipinski definition) is 2. The van der Waals surface area contributed by atoms with E-state index in [0.29, 0.717) is 10.7 Å². The van der Waals surface area contributed by atoms with Crippen molar-refractivity contribution in [2.75, 3.05) is 0 Å². The molecule has 0 spiro atoms. The summed E-state index contributed by atoms with van der Waals surface area (Å²) in [7, 11) is 0. The van der Waals surface area contributed by atoms with Crippen LogP contribution in [0.3, 0.4) is 0 Å². The molecule has 1 N–H and O–H groups in total. The van der Waals surface area contributed by atoms with E-state index in [1.54, 1.807) is 0 Å². The van der Waals surface area contributed by atoms with Crippen LogP contribution in [0.25, 0.3) is 16.9 Å². The van der Waals surface area contributed by atoms with Gasteiger partial charge in [0.2, 0.25) is 0 Å². The first-order valence-electron chi connectivity index (χ1n) is 6.70. The van der Waals surface area contributed by atoms with E-state index in [1.807, 2.05) is 66.2 Å². The van der Waals surface area contributed by atoms with E-state index in [2.05, 4.69) is 5.10 Å². The molecule has 1 aromatic heterocycles. The van der Waals surface area contributed by atoms with Crippen LogP contribution < -0.4 is 0 Å². The summed E-state index contributed by atoms with van der Waals surface area (Å²) in [5.41, 5.74) is 4.74. The Hall–Kier alpha value is -2.10. The van der Waals surface area contributed by atoms with E-state index in [0.717, 1.165) is 16.9 Å². The highest BCUT2D eigenvalue weighted by Gasteiger charge is 2.11. The van der Waals surface area contributed by atoms with Gasteiger partial charge in [-0.15, -0.1) is 0 Å². The molecule has 0 bridgehead atoms. The van der Waals surface area contributed by atoms with Crippen LogP contribution in [0.5, 0.6) is 0 Å². The highest BCUT2D eigenvalue weighted by Crippen LogP contribution is 2.25. The first-order chi connectivity index (χ1) is 10.2. The normalized spacial score (nSPS) is 10.8. The fourth-order valence-electron chi connectivity index (χ4n) is 2.22. The molecular formula is C17H15ClN2O. The van der Waals surface area contributed by atoms with Gasteiger partial charge in [-0.1, -0.05) is 41.4 Å². The lowest BCUT2D eigenvalue weighted by atomic mass is 10.1. The second-order valence-electron chi connectivity index (χ2n) is 4.93. The van der Waals surface area contributed by atoms with E-state index >= 15 is 0 Å². The number of halogens is 1. The predicted molar refractivity (Wildman–Crippen MR) is 84.7 cm³/mol. The van der Waals surface area contributed by atoms with Crippen LogP contribution in [-0.4, -0.2) is 14.9 Å². The van der Waals surface area contributed by atoms with Crippen molar-refractivity contribution in [3.8, 4) is 16.9 Å². The second-order valence-corrected chi connectivity index (χ2v) is 5.37. The minimum absolute atomic E-state index is 0.0839. The van der Waals surface area contributed by atoms with Gasteiger partial charge in [-0.25, -0.2) is 4.68 Å². The van der Waals surface area contributed by atoms with Gasteiger partial charge >= 0.3 is 0 Å². The molecule has 106 valence electrons. The van der Waals surface area contributed by atoms with E-state index < -0.39 is 0 Å². The molecule has 0 radical (unpaired) electrons. The van der Waals surface area contributed by atoms with Gasteiger partial charge in [0, 0.05) is 10.6 Å². The largest absolute Gasteiger partial charge is 0.390 e. The Labute approximate surface area is 128 Å². The van der Waals surface area contributed by atoms with Crippen LogP contribution in [0.4, 0.5) is 0 Å². The fourth-order valence-corrected chi connectivity index (χ4v) is 2.34. The molecule has 4 heteroatoms. The zero-order chi connectivity index (χ0) is 14.8. The summed E-state index contributed by atoms with van der Waals surface area (Å²) >= 11 is 5.94. The van der Waals surface area contributed by atoms with Crippen molar-refractivity contribution in [1.82, 2.24) is 9.78 Å². The number of rotatable bonds is 3. The average Bonchev–Trinajstić information content (AvgIpc) is 2.93. The Morgan fingerprint density at radius 1 is 1.05 bits per heavy atom. The Morgan fingerprint density at radius 3 is 2.33 bits per heavy atom. The second kappa shape index (κ2) is 5.72. The molecule has 0 amide bonds. The van der Waals surface area contributed by atoms with Crippen molar-refractivity contribution >= 4 is 11.6 Å². The number of nitrogens with zero attached hydrogens (tertiary/aromatic N) is 2. The Bertz CT molecular complexity index is 682. The zero-order valence-corrected chi connectivity index (χ0v) is 12.4. The summed E-state index contributed by atoms with van der Waals surface area (Å²) in [6.07, 6.45) is 0. The SMILES string of the molecule is Cc1ccc(-n2nc(CO)cc2-c2ccc(Cl)cc2)cc1. The van der Waals surface area contributed by atoms with Crippen molar-refractivity contribution in [2.24, 2.45) is 0 Å². The van der Waals surface area contributed by atoms with Gasteiger partial charge in [-0.05, 0) is 37.3 Å². The van der Waals surface area contributed by atoms with Crippen LogP contribution >= 0.6 is 11.6 Å². The number of hydrogen-bond donors (Lipinski definition) is 1. The average molecular weight is 299 g/mol. The molecule has 2 aromatic carbocycles. The zero-order valence-electron chi connectivity index (χ0n) is 11.6. The molecule has 3 rings (SSSR count). The van der Waals surface area contributed by atoms with Gasteiger partial charge in [0.05, 0.1) is 23.7 Å². The summed E-state index contributed by atoms with van der Waals surface area (Å²) in [6, 6.07) is 17.6. The molecule has 3 nitrogen and oxygen atoms in total. The van der Waals surface area contributed by atoms with E-state index in [1.165, 1.54) is 5.56 Å².